The molecule has 0 atom stereocenters. The van der Waals surface area contributed by atoms with Crippen LogP contribution in [0.5, 0.6) is 0 Å². The van der Waals surface area contributed by atoms with Gasteiger partial charge in [0.1, 0.15) is 0 Å². The lowest BCUT2D eigenvalue weighted by atomic mass is 10.3. The van der Waals surface area contributed by atoms with Gasteiger partial charge in [0.05, 0.1) is 0 Å². The first-order chi connectivity index (χ1) is 5.06. The van der Waals surface area contributed by atoms with E-state index in [1.807, 2.05) is 27.2 Å². The highest BCUT2D eigenvalue weighted by atomic mass is 15.4. The van der Waals surface area contributed by atoms with Crippen LogP contribution in [-0.2, 0) is 0 Å². The van der Waals surface area contributed by atoms with Gasteiger partial charge in [0.2, 0.25) is 0 Å². The van der Waals surface area contributed by atoms with Crippen LogP contribution < -0.4 is 5.84 Å². The smallest absolute Gasteiger partial charge is 0.0306 e. The molecule has 0 aliphatic carbocycles. The van der Waals surface area contributed by atoms with Crippen molar-refractivity contribution < 1.29 is 0 Å². The second-order valence-corrected chi connectivity index (χ2v) is 3.04. The first kappa shape index (κ1) is 10.5. The lowest BCUT2D eigenvalue weighted by Crippen LogP contribution is -2.26. The fourth-order valence-electron chi connectivity index (χ4n) is 0.914. The van der Waals surface area contributed by atoms with Crippen molar-refractivity contribution in [2.45, 2.75) is 13.8 Å². The van der Waals surface area contributed by atoms with E-state index in [-0.39, 0.29) is 0 Å². The SMILES string of the molecule is CCN(N)/C=C(\C)CN(C)C. The summed E-state index contributed by atoms with van der Waals surface area (Å²) in [4.78, 5) is 2.12. The zero-order valence-corrected chi connectivity index (χ0v) is 7.96. The summed E-state index contributed by atoms with van der Waals surface area (Å²) in [5, 5.41) is 1.69. The van der Waals surface area contributed by atoms with E-state index in [2.05, 4.69) is 11.8 Å². The molecule has 0 saturated heterocycles. The van der Waals surface area contributed by atoms with Crippen LogP contribution in [0.3, 0.4) is 0 Å². The number of likely N-dealkylation sites (N-methyl/N-ethyl adjacent to an activating group) is 1. The maximum absolute atomic E-state index is 5.59. The van der Waals surface area contributed by atoms with Crippen LogP contribution in [0, 0.1) is 0 Å². The zero-order valence-electron chi connectivity index (χ0n) is 7.96. The molecule has 0 bridgehead atoms. The van der Waals surface area contributed by atoms with Gasteiger partial charge in [-0.3, -0.25) is 0 Å². The van der Waals surface area contributed by atoms with E-state index in [0.717, 1.165) is 13.1 Å². The maximum Gasteiger partial charge on any atom is 0.0306 e. The van der Waals surface area contributed by atoms with Crippen molar-refractivity contribution in [1.29, 1.82) is 0 Å². The Hall–Kier alpha value is -0.540. The molecule has 0 aromatic heterocycles. The normalized spacial score (nSPS) is 12.4. The van der Waals surface area contributed by atoms with Gasteiger partial charge >= 0.3 is 0 Å². The van der Waals surface area contributed by atoms with Gasteiger partial charge in [-0.2, -0.15) is 0 Å². The summed E-state index contributed by atoms with van der Waals surface area (Å²) < 4.78 is 0. The average molecular weight is 157 g/mol. The summed E-state index contributed by atoms with van der Waals surface area (Å²) in [5.74, 6) is 5.59. The fourth-order valence-corrected chi connectivity index (χ4v) is 0.914. The van der Waals surface area contributed by atoms with Gasteiger partial charge in [0.15, 0.2) is 0 Å². The van der Waals surface area contributed by atoms with E-state index in [0.29, 0.717) is 0 Å². The lowest BCUT2D eigenvalue weighted by molar-refractivity contribution is 0.398. The van der Waals surface area contributed by atoms with Crippen molar-refractivity contribution in [1.82, 2.24) is 9.91 Å². The van der Waals surface area contributed by atoms with Gasteiger partial charge in [0.25, 0.3) is 0 Å². The van der Waals surface area contributed by atoms with Crippen LogP contribution in [0.1, 0.15) is 13.8 Å². The summed E-state index contributed by atoms with van der Waals surface area (Å²) >= 11 is 0. The number of hydrogen-bond acceptors (Lipinski definition) is 3. The summed E-state index contributed by atoms with van der Waals surface area (Å²) in [6.07, 6.45) is 1.97. The standard InChI is InChI=1S/C8H19N3/c1-5-11(9)7-8(2)6-10(3)4/h7H,5-6,9H2,1-4H3/b8-7+. The van der Waals surface area contributed by atoms with Gasteiger partial charge in [-0.15, -0.1) is 0 Å². The number of hydrazine groups is 1. The van der Waals surface area contributed by atoms with Crippen LogP contribution in [0.4, 0.5) is 0 Å². The average Bonchev–Trinajstić information content (AvgIpc) is 1.85. The highest BCUT2D eigenvalue weighted by Crippen LogP contribution is 1.94. The second-order valence-electron chi connectivity index (χ2n) is 3.04. The number of nitrogens with two attached hydrogens (primary N) is 1. The zero-order chi connectivity index (χ0) is 8.85. The molecule has 0 heterocycles. The Bertz CT molecular complexity index is 129. The Morgan fingerprint density at radius 3 is 2.36 bits per heavy atom. The molecule has 0 aromatic carbocycles. The Labute approximate surface area is 69.4 Å². The minimum atomic E-state index is 0.852. The molecule has 11 heavy (non-hydrogen) atoms. The highest BCUT2D eigenvalue weighted by Gasteiger charge is 1.93. The topological polar surface area (TPSA) is 32.5 Å². The fraction of sp³-hybridized carbons (Fsp3) is 0.750. The third kappa shape index (κ3) is 5.88. The van der Waals surface area contributed by atoms with Crippen LogP contribution in [0.2, 0.25) is 0 Å². The summed E-state index contributed by atoms with van der Waals surface area (Å²) in [6.45, 7) is 5.92. The maximum atomic E-state index is 5.59. The molecule has 0 saturated carbocycles. The van der Waals surface area contributed by atoms with Gasteiger partial charge in [-0.1, -0.05) is 0 Å². The molecule has 3 heteroatoms. The van der Waals surface area contributed by atoms with Crippen molar-refractivity contribution in [3.63, 3.8) is 0 Å². The number of rotatable bonds is 4. The second kappa shape index (κ2) is 5.16. The molecule has 3 nitrogen and oxygen atoms in total. The molecule has 0 aromatic rings. The highest BCUT2D eigenvalue weighted by molar-refractivity contribution is 4.98. The molecule has 0 rings (SSSR count). The molecule has 0 aliphatic heterocycles. The first-order valence-electron chi connectivity index (χ1n) is 3.89. The first-order valence-corrected chi connectivity index (χ1v) is 3.89. The molecule has 66 valence electrons. The van der Waals surface area contributed by atoms with Crippen molar-refractivity contribution in [3.05, 3.63) is 11.8 Å². The van der Waals surface area contributed by atoms with Crippen molar-refractivity contribution in [2.24, 2.45) is 5.84 Å². The molecular weight excluding hydrogens is 138 g/mol. The summed E-state index contributed by atoms with van der Waals surface area (Å²) in [7, 11) is 4.09. The summed E-state index contributed by atoms with van der Waals surface area (Å²) in [5.41, 5.74) is 1.28. The monoisotopic (exact) mass is 157 g/mol. The van der Waals surface area contributed by atoms with Crippen LogP contribution in [0.15, 0.2) is 11.8 Å². The molecule has 0 radical (unpaired) electrons. The Kier molecular flexibility index (Phi) is 4.90. The van der Waals surface area contributed by atoms with Gasteiger partial charge in [-0.25, -0.2) is 5.84 Å². The number of nitrogens with zero attached hydrogens (tertiary/aromatic N) is 2. The third-order valence-electron chi connectivity index (χ3n) is 1.32. The quantitative estimate of drug-likeness (QED) is 0.480. The minimum absolute atomic E-state index is 0.852. The Balaban J connectivity index is 3.79. The molecule has 0 fully saturated rings. The van der Waals surface area contributed by atoms with E-state index >= 15 is 0 Å². The van der Waals surface area contributed by atoms with Gasteiger partial charge < -0.3 is 9.91 Å². The molecular formula is C8H19N3. The van der Waals surface area contributed by atoms with Crippen molar-refractivity contribution in [2.75, 3.05) is 27.2 Å². The summed E-state index contributed by atoms with van der Waals surface area (Å²) in [6, 6.07) is 0. The molecule has 0 unspecified atom stereocenters. The molecule has 0 spiro atoms. The third-order valence-corrected chi connectivity index (χ3v) is 1.32. The van der Waals surface area contributed by atoms with Crippen LogP contribution in [0.25, 0.3) is 0 Å². The van der Waals surface area contributed by atoms with Crippen molar-refractivity contribution >= 4 is 0 Å². The van der Waals surface area contributed by atoms with Gasteiger partial charge in [-0.05, 0) is 33.5 Å². The van der Waals surface area contributed by atoms with E-state index < -0.39 is 0 Å². The predicted molar refractivity (Wildman–Crippen MR) is 48.9 cm³/mol. The predicted octanol–water partition coefficient (Wildman–Crippen LogP) is 0.647. The molecule has 0 amide bonds. The van der Waals surface area contributed by atoms with E-state index in [1.54, 1.807) is 5.01 Å². The van der Waals surface area contributed by atoms with E-state index in [4.69, 9.17) is 5.84 Å². The molecule has 2 N–H and O–H groups in total. The Morgan fingerprint density at radius 1 is 1.45 bits per heavy atom. The Morgan fingerprint density at radius 2 is 2.00 bits per heavy atom. The number of hydrogen-bond donors (Lipinski definition) is 1. The molecule has 0 aliphatic rings. The van der Waals surface area contributed by atoms with Crippen LogP contribution in [-0.4, -0.2) is 37.1 Å². The van der Waals surface area contributed by atoms with E-state index in [9.17, 15) is 0 Å². The van der Waals surface area contributed by atoms with E-state index in [1.165, 1.54) is 5.57 Å². The van der Waals surface area contributed by atoms with Crippen molar-refractivity contribution in [3.8, 4) is 0 Å². The largest absolute Gasteiger partial charge is 0.319 e. The van der Waals surface area contributed by atoms with Gasteiger partial charge in [0, 0.05) is 19.3 Å². The van der Waals surface area contributed by atoms with Crippen LogP contribution >= 0.6 is 0 Å². The minimum Gasteiger partial charge on any atom is -0.319 e. The lowest BCUT2D eigenvalue weighted by Gasteiger charge is -2.14.